The second-order valence-corrected chi connectivity index (χ2v) is 7.50. The van der Waals surface area contributed by atoms with Crippen molar-refractivity contribution < 1.29 is 9.59 Å². The Bertz CT molecular complexity index is 578. The molecule has 2 aliphatic heterocycles. The Morgan fingerprint density at radius 1 is 1.30 bits per heavy atom. The van der Waals surface area contributed by atoms with Gasteiger partial charge in [0.25, 0.3) is 0 Å². The SMILES string of the molecule is CCC1c2ccsc2CCN1CC(=O)N1CCC(C(N)=O)CC1. The zero-order valence-corrected chi connectivity index (χ0v) is 14.5. The Kier molecular flexibility index (Phi) is 5.02. The van der Waals surface area contributed by atoms with Gasteiger partial charge in [0.05, 0.1) is 6.54 Å². The number of carbonyl (C=O) groups is 2. The number of primary amides is 1. The number of hydrogen-bond donors (Lipinski definition) is 1. The minimum absolute atomic E-state index is 0.0641. The van der Waals surface area contributed by atoms with E-state index in [2.05, 4.69) is 23.3 Å². The van der Waals surface area contributed by atoms with E-state index in [1.54, 1.807) is 0 Å². The Morgan fingerprint density at radius 2 is 2.04 bits per heavy atom. The summed E-state index contributed by atoms with van der Waals surface area (Å²) in [7, 11) is 0. The van der Waals surface area contributed by atoms with Gasteiger partial charge in [0.2, 0.25) is 11.8 Å². The van der Waals surface area contributed by atoms with Gasteiger partial charge in [0.15, 0.2) is 0 Å². The van der Waals surface area contributed by atoms with Crippen molar-refractivity contribution in [3.8, 4) is 0 Å². The van der Waals surface area contributed by atoms with Crippen molar-refractivity contribution in [1.82, 2.24) is 9.80 Å². The molecule has 1 fully saturated rings. The molecule has 3 heterocycles. The minimum Gasteiger partial charge on any atom is -0.369 e. The highest BCUT2D eigenvalue weighted by Gasteiger charge is 2.31. The molecule has 126 valence electrons. The van der Waals surface area contributed by atoms with Crippen molar-refractivity contribution in [2.75, 3.05) is 26.2 Å². The number of piperidine rings is 1. The maximum atomic E-state index is 12.6. The summed E-state index contributed by atoms with van der Waals surface area (Å²) in [6.07, 6.45) is 3.47. The monoisotopic (exact) mass is 335 g/mol. The van der Waals surface area contributed by atoms with E-state index in [1.165, 1.54) is 10.4 Å². The Hall–Kier alpha value is -1.40. The lowest BCUT2D eigenvalue weighted by Crippen LogP contribution is -2.47. The van der Waals surface area contributed by atoms with Gasteiger partial charge in [0.1, 0.15) is 0 Å². The first-order chi connectivity index (χ1) is 11.1. The van der Waals surface area contributed by atoms with Crippen LogP contribution in [0.2, 0.25) is 0 Å². The first-order valence-electron chi connectivity index (χ1n) is 8.47. The number of amides is 2. The van der Waals surface area contributed by atoms with Gasteiger partial charge in [-0.05, 0) is 42.7 Å². The number of hydrogen-bond acceptors (Lipinski definition) is 4. The Labute approximate surface area is 141 Å². The standard InChI is InChI=1S/C17H25N3O2S/c1-2-14-13-6-10-23-15(13)5-9-20(14)11-16(21)19-7-3-12(4-8-19)17(18)22/h6,10,12,14H,2-5,7-9,11H2,1H3,(H2,18,22). The summed E-state index contributed by atoms with van der Waals surface area (Å²) >= 11 is 1.83. The quantitative estimate of drug-likeness (QED) is 0.912. The number of nitrogens with zero attached hydrogens (tertiary/aromatic N) is 2. The largest absolute Gasteiger partial charge is 0.369 e. The van der Waals surface area contributed by atoms with Gasteiger partial charge in [-0.15, -0.1) is 11.3 Å². The summed E-state index contributed by atoms with van der Waals surface area (Å²) in [5.41, 5.74) is 6.77. The number of likely N-dealkylation sites (tertiary alicyclic amines) is 1. The molecule has 2 N–H and O–H groups in total. The fraction of sp³-hybridized carbons (Fsp3) is 0.647. The van der Waals surface area contributed by atoms with E-state index in [1.807, 2.05) is 16.2 Å². The lowest BCUT2D eigenvalue weighted by atomic mass is 9.95. The highest BCUT2D eigenvalue weighted by atomic mass is 32.1. The summed E-state index contributed by atoms with van der Waals surface area (Å²) in [6, 6.07) is 2.57. The van der Waals surface area contributed by atoms with Crippen LogP contribution in [0.3, 0.4) is 0 Å². The normalized spacial score (nSPS) is 22.8. The molecule has 1 aromatic heterocycles. The van der Waals surface area contributed by atoms with Crippen molar-refractivity contribution in [1.29, 1.82) is 0 Å². The molecule has 23 heavy (non-hydrogen) atoms. The molecule has 0 radical (unpaired) electrons. The average molecular weight is 335 g/mol. The Morgan fingerprint density at radius 3 is 2.70 bits per heavy atom. The van der Waals surface area contributed by atoms with Crippen molar-refractivity contribution >= 4 is 23.2 Å². The molecule has 1 aromatic rings. The number of rotatable bonds is 4. The molecule has 5 nitrogen and oxygen atoms in total. The minimum atomic E-state index is -0.232. The highest BCUT2D eigenvalue weighted by Crippen LogP contribution is 2.35. The van der Waals surface area contributed by atoms with E-state index in [-0.39, 0.29) is 17.7 Å². The van der Waals surface area contributed by atoms with Crippen LogP contribution < -0.4 is 5.73 Å². The first-order valence-corrected chi connectivity index (χ1v) is 9.35. The summed E-state index contributed by atoms with van der Waals surface area (Å²) in [5, 5.41) is 2.16. The number of carbonyl (C=O) groups excluding carboxylic acids is 2. The third kappa shape index (κ3) is 3.43. The molecule has 1 atom stereocenters. The molecular weight excluding hydrogens is 310 g/mol. The van der Waals surface area contributed by atoms with Gasteiger partial charge in [-0.2, -0.15) is 0 Å². The van der Waals surface area contributed by atoms with E-state index < -0.39 is 0 Å². The topological polar surface area (TPSA) is 66.6 Å². The second-order valence-electron chi connectivity index (χ2n) is 6.50. The summed E-state index contributed by atoms with van der Waals surface area (Å²) in [6.45, 7) is 4.93. The zero-order valence-electron chi connectivity index (χ0n) is 13.7. The van der Waals surface area contributed by atoms with Crippen molar-refractivity contribution in [3.63, 3.8) is 0 Å². The van der Waals surface area contributed by atoms with Crippen LogP contribution in [0.4, 0.5) is 0 Å². The molecular formula is C17H25N3O2S. The predicted octanol–water partition coefficient (Wildman–Crippen LogP) is 1.78. The fourth-order valence-corrected chi connectivity index (χ4v) is 4.73. The van der Waals surface area contributed by atoms with Crippen molar-refractivity contribution in [3.05, 3.63) is 21.9 Å². The fourth-order valence-electron chi connectivity index (χ4n) is 3.80. The molecule has 6 heteroatoms. The van der Waals surface area contributed by atoms with E-state index in [4.69, 9.17) is 5.73 Å². The highest BCUT2D eigenvalue weighted by molar-refractivity contribution is 7.10. The van der Waals surface area contributed by atoms with Gasteiger partial charge >= 0.3 is 0 Å². The van der Waals surface area contributed by atoms with Crippen LogP contribution in [-0.2, 0) is 16.0 Å². The van der Waals surface area contributed by atoms with E-state index in [0.717, 1.165) is 19.4 Å². The van der Waals surface area contributed by atoms with Gasteiger partial charge in [0, 0.05) is 36.5 Å². The van der Waals surface area contributed by atoms with Gasteiger partial charge in [-0.3, -0.25) is 14.5 Å². The van der Waals surface area contributed by atoms with Crippen LogP contribution in [-0.4, -0.2) is 47.8 Å². The first kappa shape index (κ1) is 16.5. The molecule has 0 bridgehead atoms. The predicted molar refractivity (Wildman–Crippen MR) is 91.1 cm³/mol. The van der Waals surface area contributed by atoms with E-state index in [0.29, 0.717) is 38.5 Å². The van der Waals surface area contributed by atoms with Crippen LogP contribution in [0.15, 0.2) is 11.4 Å². The maximum absolute atomic E-state index is 12.6. The molecule has 0 aromatic carbocycles. The molecule has 0 spiro atoms. The average Bonchev–Trinajstić information content (AvgIpc) is 3.03. The van der Waals surface area contributed by atoms with E-state index in [9.17, 15) is 9.59 Å². The van der Waals surface area contributed by atoms with Crippen LogP contribution in [0, 0.1) is 5.92 Å². The molecule has 3 rings (SSSR count). The van der Waals surface area contributed by atoms with Crippen LogP contribution in [0.5, 0.6) is 0 Å². The van der Waals surface area contributed by atoms with Crippen LogP contribution in [0.25, 0.3) is 0 Å². The van der Waals surface area contributed by atoms with E-state index >= 15 is 0 Å². The molecule has 0 saturated carbocycles. The summed E-state index contributed by atoms with van der Waals surface area (Å²) in [4.78, 5) is 29.5. The lowest BCUT2D eigenvalue weighted by Gasteiger charge is -2.37. The van der Waals surface area contributed by atoms with Crippen molar-refractivity contribution in [2.24, 2.45) is 11.7 Å². The number of nitrogens with two attached hydrogens (primary N) is 1. The van der Waals surface area contributed by atoms with Gasteiger partial charge < -0.3 is 10.6 Å². The second kappa shape index (κ2) is 7.01. The maximum Gasteiger partial charge on any atom is 0.236 e. The molecule has 0 aliphatic carbocycles. The third-order valence-corrected chi connectivity index (χ3v) is 6.18. The van der Waals surface area contributed by atoms with Gasteiger partial charge in [-0.25, -0.2) is 0 Å². The molecule has 1 unspecified atom stereocenters. The molecule has 2 amide bonds. The molecule has 1 saturated heterocycles. The zero-order chi connectivity index (χ0) is 16.4. The third-order valence-electron chi connectivity index (χ3n) is 5.18. The van der Waals surface area contributed by atoms with Gasteiger partial charge in [-0.1, -0.05) is 6.92 Å². The lowest BCUT2D eigenvalue weighted by molar-refractivity contribution is -0.136. The molecule has 2 aliphatic rings. The number of thiophene rings is 1. The van der Waals surface area contributed by atoms with Crippen LogP contribution >= 0.6 is 11.3 Å². The van der Waals surface area contributed by atoms with Crippen molar-refractivity contribution in [2.45, 2.75) is 38.6 Å². The number of fused-ring (bicyclic) bond motifs is 1. The van der Waals surface area contributed by atoms with Crippen LogP contribution in [0.1, 0.15) is 42.7 Å². The Balaban J connectivity index is 1.59. The summed E-state index contributed by atoms with van der Waals surface area (Å²) < 4.78 is 0. The summed E-state index contributed by atoms with van der Waals surface area (Å²) in [5.74, 6) is -0.111. The smallest absolute Gasteiger partial charge is 0.236 e.